The van der Waals surface area contributed by atoms with Crippen molar-refractivity contribution in [2.75, 3.05) is 0 Å². The van der Waals surface area contributed by atoms with Gasteiger partial charge in [0.2, 0.25) is 0 Å². The van der Waals surface area contributed by atoms with E-state index in [4.69, 9.17) is 11.6 Å². The largest absolute Gasteiger partial charge is 0.123 e. The Balaban J connectivity index is 2.93. The Kier molecular flexibility index (Phi) is 5.08. The van der Waals surface area contributed by atoms with Crippen molar-refractivity contribution >= 4 is 27.5 Å². The van der Waals surface area contributed by atoms with Crippen molar-refractivity contribution < 1.29 is 0 Å². The second-order valence-corrected chi connectivity index (χ2v) is 4.18. The maximum atomic E-state index is 5.65. The van der Waals surface area contributed by atoms with Crippen molar-refractivity contribution in [1.29, 1.82) is 0 Å². The first-order valence-electron chi connectivity index (χ1n) is 2.74. The number of hydrogen-bond donors (Lipinski definition) is 0. The summed E-state index contributed by atoms with van der Waals surface area (Å²) in [6.07, 6.45) is 3.13. The molecule has 0 heterocycles. The highest BCUT2D eigenvalue weighted by molar-refractivity contribution is 9.09. The monoisotopic (exact) mass is 197 g/mol. The molecule has 1 radical (unpaired) electrons. The third-order valence-electron chi connectivity index (χ3n) is 0.786. The van der Waals surface area contributed by atoms with E-state index in [1.165, 1.54) is 0 Å². The van der Waals surface area contributed by atoms with Gasteiger partial charge in [-0.3, -0.25) is 0 Å². The summed E-state index contributed by atoms with van der Waals surface area (Å²) < 4.78 is 0. The van der Waals surface area contributed by atoms with Crippen molar-refractivity contribution in [2.45, 2.75) is 30.5 Å². The molecule has 2 atom stereocenters. The first-order chi connectivity index (χ1) is 3.63. The summed E-state index contributed by atoms with van der Waals surface area (Å²) in [6.45, 7) is 4.08. The Morgan fingerprint density at radius 2 is 2.12 bits per heavy atom. The van der Waals surface area contributed by atoms with Gasteiger partial charge < -0.3 is 0 Å². The molecule has 0 aliphatic carbocycles. The minimum Gasteiger partial charge on any atom is -0.123 e. The van der Waals surface area contributed by atoms with Crippen LogP contribution in [-0.4, -0.2) is 10.2 Å². The zero-order valence-corrected chi connectivity index (χ0v) is 7.54. The average molecular weight is 199 g/mol. The lowest BCUT2D eigenvalue weighted by molar-refractivity contribution is 0.883. The Morgan fingerprint density at radius 1 is 1.62 bits per heavy atom. The van der Waals surface area contributed by atoms with E-state index in [1.54, 1.807) is 0 Å². The van der Waals surface area contributed by atoms with Crippen LogP contribution in [0.25, 0.3) is 0 Å². The lowest BCUT2D eigenvalue weighted by Crippen LogP contribution is -1.97. The van der Waals surface area contributed by atoms with E-state index >= 15 is 0 Å². The molecule has 0 saturated heterocycles. The Hall–Kier alpha value is 0.770. The molecular weight excluding hydrogens is 187 g/mol. The molecule has 2 heteroatoms. The quantitative estimate of drug-likeness (QED) is 0.612. The van der Waals surface area contributed by atoms with E-state index in [0.717, 1.165) is 6.42 Å². The van der Waals surface area contributed by atoms with E-state index in [2.05, 4.69) is 29.3 Å². The summed E-state index contributed by atoms with van der Waals surface area (Å²) in [5.41, 5.74) is 0. The first-order valence-corrected chi connectivity index (χ1v) is 4.09. The fraction of sp³-hybridized carbons (Fsp3) is 0.833. The lowest BCUT2D eigenvalue weighted by Gasteiger charge is -2.02. The van der Waals surface area contributed by atoms with Crippen molar-refractivity contribution in [3.63, 3.8) is 0 Å². The zero-order valence-electron chi connectivity index (χ0n) is 5.20. The highest BCUT2D eigenvalue weighted by Crippen LogP contribution is 2.10. The van der Waals surface area contributed by atoms with Crippen LogP contribution in [0.2, 0.25) is 0 Å². The van der Waals surface area contributed by atoms with Gasteiger partial charge >= 0.3 is 0 Å². The molecule has 0 bridgehead atoms. The Morgan fingerprint density at radius 3 is 2.25 bits per heavy atom. The smallest absolute Gasteiger partial charge is 0.0339 e. The van der Waals surface area contributed by atoms with E-state index in [9.17, 15) is 0 Å². The van der Waals surface area contributed by atoms with Gasteiger partial charge in [0, 0.05) is 10.2 Å². The molecule has 0 amide bonds. The van der Waals surface area contributed by atoms with Gasteiger partial charge in [-0.1, -0.05) is 22.9 Å². The van der Waals surface area contributed by atoms with Gasteiger partial charge in [0.25, 0.3) is 0 Å². The topological polar surface area (TPSA) is 0 Å². The SMILES string of the molecule is CC(Cl)[CH]CC(C)Br. The molecule has 0 aromatic carbocycles. The van der Waals surface area contributed by atoms with Crippen LogP contribution in [0.5, 0.6) is 0 Å². The van der Waals surface area contributed by atoms with Crippen molar-refractivity contribution in [3.8, 4) is 0 Å². The van der Waals surface area contributed by atoms with Gasteiger partial charge in [0.1, 0.15) is 0 Å². The molecule has 0 N–H and O–H groups in total. The predicted molar refractivity (Wildman–Crippen MR) is 42.6 cm³/mol. The maximum absolute atomic E-state index is 5.65. The molecule has 0 aliphatic heterocycles. The van der Waals surface area contributed by atoms with Gasteiger partial charge in [-0.15, -0.1) is 11.6 Å². The van der Waals surface area contributed by atoms with Crippen LogP contribution in [0.15, 0.2) is 0 Å². The first kappa shape index (κ1) is 8.77. The summed E-state index contributed by atoms with van der Waals surface area (Å²) in [5.74, 6) is 0. The molecule has 0 spiro atoms. The summed E-state index contributed by atoms with van der Waals surface area (Å²) in [4.78, 5) is 0.559. The number of halogens is 2. The highest BCUT2D eigenvalue weighted by Gasteiger charge is 1.99. The highest BCUT2D eigenvalue weighted by atomic mass is 79.9. The summed E-state index contributed by atoms with van der Waals surface area (Å²) in [5, 5.41) is 0.204. The van der Waals surface area contributed by atoms with Crippen LogP contribution < -0.4 is 0 Å². The molecule has 0 rings (SSSR count). The Labute approximate surface area is 64.7 Å². The summed E-state index contributed by atoms with van der Waals surface area (Å²) >= 11 is 9.06. The van der Waals surface area contributed by atoms with Gasteiger partial charge in [0.15, 0.2) is 0 Å². The molecule has 8 heavy (non-hydrogen) atoms. The predicted octanol–water partition coefficient (Wildman–Crippen LogP) is 2.99. The second kappa shape index (κ2) is 4.63. The van der Waals surface area contributed by atoms with Gasteiger partial charge in [-0.25, -0.2) is 0 Å². The molecule has 0 aromatic heterocycles. The lowest BCUT2D eigenvalue weighted by atomic mass is 10.2. The van der Waals surface area contributed by atoms with Crippen molar-refractivity contribution in [2.24, 2.45) is 0 Å². The molecule has 0 aliphatic rings. The normalized spacial score (nSPS) is 18.0. The maximum Gasteiger partial charge on any atom is 0.0339 e. The number of alkyl halides is 2. The number of hydrogen-bond acceptors (Lipinski definition) is 0. The third-order valence-corrected chi connectivity index (χ3v) is 1.34. The second-order valence-electron chi connectivity index (χ2n) is 1.93. The Bertz CT molecular complexity index is 44.5. The van der Waals surface area contributed by atoms with Crippen LogP contribution in [-0.2, 0) is 0 Å². The van der Waals surface area contributed by atoms with Crippen molar-refractivity contribution in [1.82, 2.24) is 0 Å². The molecule has 0 saturated carbocycles. The van der Waals surface area contributed by atoms with Gasteiger partial charge in [0.05, 0.1) is 0 Å². The van der Waals surface area contributed by atoms with Crippen LogP contribution in [0.1, 0.15) is 20.3 Å². The molecule has 0 nitrogen and oxygen atoms in total. The minimum absolute atomic E-state index is 0.204. The van der Waals surface area contributed by atoms with Crippen LogP contribution in [0.3, 0.4) is 0 Å². The number of rotatable bonds is 3. The third kappa shape index (κ3) is 6.77. The summed E-state index contributed by atoms with van der Waals surface area (Å²) in [7, 11) is 0. The molecule has 2 unspecified atom stereocenters. The molecule has 0 aromatic rings. The molecule has 49 valence electrons. The van der Waals surface area contributed by atoms with Crippen molar-refractivity contribution in [3.05, 3.63) is 6.42 Å². The van der Waals surface area contributed by atoms with Crippen LogP contribution in [0.4, 0.5) is 0 Å². The fourth-order valence-corrected chi connectivity index (χ4v) is 0.694. The standard InChI is InChI=1S/C6H11BrCl/c1-5(7)3-4-6(2)8/h4-6H,3H2,1-2H3. The summed E-state index contributed by atoms with van der Waals surface area (Å²) in [6, 6.07) is 0. The van der Waals surface area contributed by atoms with Crippen LogP contribution in [0, 0.1) is 6.42 Å². The molecule has 0 fully saturated rings. The van der Waals surface area contributed by atoms with Gasteiger partial charge in [-0.2, -0.15) is 0 Å². The fourth-order valence-electron chi connectivity index (χ4n) is 0.375. The molecular formula is C6H11BrCl. The van der Waals surface area contributed by atoms with E-state index in [0.29, 0.717) is 4.83 Å². The minimum atomic E-state index is 0.204. The van der Waals surface area contributed by atoms with Crippen LogP contribution >= 0.6 is 27.5 Å². The van der Waals surface area contributed by atoms with E-state index < -0.39 is 0 Å². The van der Waals surface area contributed by atoms with Gasteiger partial charge in [-0.05, 0) is 19.8 Å². The van der Waals surface area contributed by atoms with E-state index in [-0.39, 0.29) is 5.38 Å². The average Bonchev–Trinajstić information content (AvgIpc) is 1.61. The zero-order chi connectivity index (χ0) is 6.57. The van der Waals surface area contributed by atoms with E-state index in [1.807, 2.05) is 6.92 Å².